The van der Waals surface area contributed by atoms with Crippen LogP contribution in [0.3, 0.4) is 0 Å². The maximum Gasteiger partial charge on any atom is 0.165 e. The Kier molecular flexibility index (Phi) is 6.96. The van der Waals surface area contributed by atoms with E-state index in [1.54, 1.807) is 12.1 Å². The molecule has 0 radical (unpaired) electrons. The summed E-state index contributed by atoms with van der Waals surface area (Å²) in [4.78, 5) is 0. The monoisotopic (exact) mass is 295 g/mol. The van der Waals surface area contributed by atoms with Crippen molar-refractivity contribution in [2.45, 2.75) is 51.7 Å². The largest absolute Gasteiger partial charge is 0.491 e. The van der Waals surface area contributed by atoms with Crippen LogP contribution in [0, 0.1) is 5.82 Å². The van der Waals surface area contributed by atoms with E-state index in [-0.39, 0.29) is 5.82 Å². The molecule has 118 valence electrons. The summed E-state index contributed by atoms with van der Waals surface area (Å²) < 4.78 is 25.0. The molecule has 1 aliphatic rings. The molecular formula is C17H26FNO2. The van der Waals surface area contributed by atoms with E-state index in [1.165, 1.54) is 0 Å². The van der Waals surface area contributed by atoms with Crippen LogP contribution in [-0.4, -0.2) is 25.9 Å². The van der Waals surface area contributed by atoms with Crippen molar-refractivity contribution in [1.29, 1.82) is 0 Å². The lowest BCUT2D eigenvalue weighted by atomic mass is 10.1. The highest BCUT2D eigenvalue weighted by Gasteiger charge is 2.14. The van der Waals surface area contributed by atoms with Crippen LogP contribution in [0.1, 0.15) is 44.6 Å². The second-order valence-corrected chi connectivity index (χ2v) is 5.57. The van der Waals surface area contributed by atoms with Gasteiger partial charge in [0, 0.05) is 13.2 Å². The molecule has 1 heterocycles. The van der Waals surface area contributed by atoms with Gasteiger partial charge >= 0.3 is 0 Å². The molecule has 2 rings (SSSR count). The Bertz CT molecular complexity index is 419. The van der Waals surface area contributed by atoms with Gasteiger partial charge < -0.3 is 14.8 Å². The molecule has 0 aliphatic carbocycles. The molecule has 1 aromatic carbocycles. The topological polar surface area (TPSA) is 30.5 Å². The molecule has 0 saturated carbocycles. The van der Waals surface area contributed by atoms with E-state index in [0.29, 0.717) is 25.0 Å². The Hall–Kier alpha value is -1.13. The van der Waals surface area contributed by atoms with Crippen LogP contribution in [0.25, 0.3) is 0 Å². The van der Waals surface area contributed by atoms with E-state index in [4.69, 9.17) is 9.47 Å². The average Bonchev–Trinajstić information content (AvgIpc) is 2.99. The number of hydrogen-bond acceptors (Lipinski definition) is 3. The zero-order valence-electron chi connectivity index (χ0n) is 12.9. The lowest BCUT2D eigenvalue weighted by molar-refractivity contribution is 0.0979. The van der Waals surface area contributed by atoms with E-state index < -0.39 is 0 Å². The third kappa shape index (κ3) is 5.64. The quantitative estimate of drug-likeness (QED) is 0.705. The van der Waals surface area contributed by atoms with Crippen molar-refractivity contribution in [2.75, 3.05) is 19.8 Å². The zero-order valence-corrected chi connectivity index (χ0v) is 12.9. The van der Waals surface area contributed by atoms with Gasteiger partial charge in [0.25, 0.3) is 0 Å². The van der Waals surface area contributed by atoms with Gasteiger partial charge in [-0.1, -0.05) is 13.0 Å². The van der Waals surface area contributed by atoms with Crippen LogP contribution in [0.15, 0.2) is 18.2 Å². The van der Waals surface area contributed by atoms with Gasteiger partial charge in [0.15, 0.2) is 11.6 Å². The number of benzene rings is 1. The van der Waals surface area contributed by atoms with Gasteiger partial charge in [0.1, 0.15) is 0 Å². The molecule has 3 nitrogen and oxygen atoms in total. The third-order valence-corrected chi connectivity index (χ3v) is 3.70. The first-order chi connectivity index (χ1) is 10.3. The zero-order chi connectivity index (χ0) is 14.9. The minimum Gasteiger partial charge on any atom is -0.491 e. The van der Waals surface area contributed by atoms with Crippen molar-refractivity contribution in [3.8, 4) is 5.75 Å². The highest BCUT2D eigenvalue weighted by atomic mass is 19.1. The van der Waals surface area contributed by atoms with Gasteiger partial charge in [-0.3, -0.25) is 0 Å². The van der Waals surface area contributed by atoms with E-state index in [0.717, 1.165) is 50.8 Å². The Balaban J connectivity index is 1.69. The maximum absolute atomic E-state index is 13.9. The highest BCUT2D eigenvalue weighted by Crippen LogP contribution is 2.20. The maximum atomic E-state index is 13.9. The smallest absolute Gasteiger partial charge is 0.165 e. The summed E-state index contributed by atoms with van der Waals surface area (Å²) in [5.74, 6) is 0.0736. The second kappa shape index (κ2) is 9.00. The van der Waals surface area contributed by atoms with E-state index in [2.05, 4.69) is 12.2 Å². The Morgan fingerprint density at radius 1 is 1.43 bits per heavy atom. The summed E-state index contributed by atoms with van der Waals surface area (Å²) in [5.41, 5.74) is 0.952. The predicted molar refractivity (Wildman–Crippen MR) is 82.1 cm³/mol. The van der Waals surface area contributed by atoms with Crippen LogP contribution >= 0.6 is 0 Å². The molecule has 21 heavy (non-hydrogen) atoms. The van der Waals surface area contributed by atoms with Crippen molar-refractivity contribution in [3.63, 3.8) is 0 Å². The Labute approximate surface area is 126 Å². The van der Waals surface area contributed by atoms with Crippen molar-refractivity contribution in [2.24, 2.45) is 0 Å². The molecule has 0 amide bonds. The SMILES string of the molecule is CCCNCc1ccc(OCCCC2CCCO2)c(F)c1. The summed E-state index contributed by atoms with van der Waals surface area (Å²) in [5, 5.41) is 3.26. The normalized spacial score (nSPS) is 18.1. The molecule has 1 unspecified atom stereocenters. The molecule has 0 bridgehead atoms. The molecule has 4 heteroatoms. The summed E-state index contributed by atoms with van der Waals surface area (Å²) in [6.07, 6.45) is 5.67. The first kappa shape index (κ1) is 16.2. The van der Waals surface area contributed by atoms with Crippen molar-refractivity contribution in [1.82, 2.24) is 5.32 Å². The second-order valence-electron chi connectivity index (χ2n) is 5.57. The molecule has 1 N–H and O–H groups in total. The van der Waals surface area contributed by atoms with Crippen LogP contribution in [0.4, 0.5) is 4.39 Å². The minimum atomic E-state index is -0.275. The van der Waals surface area contributed by atoms with Gasteiger partial charge in [0.2, 0.25) is 0 Å². The number of nitrogens with one attached hydrogen (secondary N) is 1. The molecule has 1 atom stereocenters. The number of hydrogen-bond donors (Lipinski definition) is 1. The molecule has 1 fully saturated rings. The number of halogens is 1. The van der Waals surface area contributed by atoms with Crippen molar-refractivity contribution in [3.05, 3.63) is 29.6 Å². The first-order valence-electron chi connectivity index (χ1n) is 8.03. The van der Waals surface area contributed by atoms with Crippen molar-refractivity contribution < 1.29 is 13.9 Å². The number of ether oxygens (including phenoxy) is 2. The summed E-state index contributed by atoms with van der Waals surface area (Å²) in [6, 6.07) is 5.20. The summed E-state index contributed by atoms with van der Waals surface area (Å²) >= 11 is 0. The van der Waals surface area contributed by atoms with Crippen LogP contribution in [-0.2, 0) is 11.3 Å². The third-order valence-electron chi connectivity index (χ3n) is 3.70. The van der Waals surface area contributed by atoms with Crippen LogP contribution < -0.4 is 10.1 Å². The highest BCUT2D eigenvalue weighted by molar-refractivity contribution is 5.29. The molecule has 0 spiro atoms. The number of rotatable bonds is 9. The van der Waals surface area contributed by atoms with Gasteiger partial charge in [0.05, 0.1) is 12.7 Å². The van der Waals surface area contributed by atoms with E-state index >= 15 is 0 Å². The fourth-order valence-electron chi connectivity index (χ4n) is 2.55. The molecule has 1 aliphatic heterocycles. The Morgan fingerprint density at radius 2 is 2.33 bits per heavy atom. The molecule has 1 saturated heterocycles. The van der Waals surface area contributed by atoms with Crippen LogP contribution in [0.2, 0.25) is 0 Å². The average molecular weight is 295 g/mol. The first-order valence-corrected chi connectivity index (χ1v) is 8.03. The van der Waals surface area contributed by atoms with Gasteiger partial charge in [-0.2, -0.15) is 0 Å². The standard InChI is InChI=1S/C17H26FNO2/c1-2-9-19-13-14-7-8-17(16(18)12-14)21-11-4-6-15-5-3-10-20-15/h7-8,12,15,19H,2-6,9-11,13H2,1H3. The van der Waals surface area contributed by atoms with Crippen LogP contribution in [0.5, 0.6) is 5.75 Å². The van der Waals surface area contributed by atoms with Crippen molar-refractivity contribution >= 4 is 0 Å². The van der Waals surface area contributed by atoms with Gasteiger partial charge in [-0.25, -0.2) is 4.39 Å². The predicted octanol–water partition coefficient (Wildman–Crippen LogP) is 3.66. The molecular weight excluding hydrogens is 269 g/mol. The Morgan fingerprint density at radius 3 is 3.05 bits per heavy atom. The lowest BCUT2D eigenvalue weighted by Crippen LogP contribution is -2.14. The minimum absolute atomic E-state index is 0.275. The summed E-state index contributed by atoms with van der Waals surface area (Å²) in [7, 11) is 0. The molecule has 1 aromatic rings. The van der Waals surface area contributed by atoms with Gasteiger partial charge in [-0.15, -0.1) is 0 Å². The van der Waals surface area contributed by atoms with E-state index in [1.807, 2.05) is 6.07 Å². The van der Waals surface area contributed by atoms with E-state index in [9.17, 15) is 4.39 Å². The summed E-state index contributed by atoms with van der Waals surface area (Å²) in [6.45, 7) is 5.19. The molecule has 0 aromatic heterocycles. The van der Waals surface area contributed by atoms with Gasteiger partial charge in [-0.05, 0) is 56.3 Å². The fourth-order valence-corrected chi connectivity index (χ4v) is 2.55. The fraction of sp³-hybridized carbons (Fsp3) is 0.647. The lowest BCUT2D eigenvalue weighted by Gasteiger charge is -2.11.